The van der Waals surface area contributed by atoms with Crippen molar-refractivity contribution in [3.8, 4) is 5.75 Å². The van der Waals surface area contributed by atoms with Crippen molar-refractivity contribution < 1.29 is 13.7 Å². The molecule has 0 saturated heterocycles. The maximum Gasteiger partial charge on any atom is 0.159 e. The first-order valence-corrected chi connectivity index (χ1v) is 12.1. The number of carbonyl (C=O) groups is 1. The third kappa shape index (κ3) is 7.37. The molecule has 4 nitrogen and oxygen atoms in total. The van der Waals surface area contributed by atoms with E-state index < -0.39 is 11.0 Å². The highest BCUT2D eigenvalue weighted by molar-refractivity contribution is 7.83. The average Bonchev–Trinajstić information content (AvgIpc) is 2.68. The number of aryl methyl sites for hydroxylation is 1. The molecule has 0 bridgehead atoms. The average molecular weight is 430 g/mol. The summed E-state index contributed by atoms with van der Waals surface area (Å²) in [5.41, 5.74) is 2.70. The topological polar surface area (TPSA) is 55.4 Å². The molecule has 2 unspecified atom stereocenters. The van der Waals surface area contributed by atoms with Gasteiger partial charge in [0.1, 0.15) is 11.4 Å². The number of ketones is 1. The summed E-state index contributed by atoms with van der Waals surface area (Å²) >= 11 is 0. The molecule has 1 aliphatic rings. The second kappa shape index (κ2) is 11.4. The van der Waals surface area contributed by atoms with Crippen molar-refractivity contribution >= 4 is 16.8 Å². The van der Waals surface area contributed by atoms with Gasteiger partial charge in [0.25, 0.3) is 0 Å². The van der Waals surface area contributed by atoms with E-state index in [4.69, 9.17) is 4.74 Å². The van der Waals surface area contributed by atoms with Crippen LogP contribution < -0.4 is 9.46 Å². The van der Waals surface area contributed by atoms with Gasteiger partial charge in [-0.1, -0.05) is 50.6 Å². The number of fused-ring (bicyclic) bond motifs is 1. The number of Topliss-reactive ketones (excluding diaryl/α,β-unsaturated/α-hetero) is 1. The predicted octanol–water partition coefficient (Wildman–Crippen LogP) is 5.79. The molecule has 2 atom stereocenters. The van der Waals surface area contributed by atoms with Gasteiger partial charge in [-0.15, -0.1) is 0 Å². The zero-order valence-electron chi connectivity index (χ0n) is 18.9. The number of hydrogen-bond acceptors (Lipinski definition) is 3. The molecule has 2 aromatic rings. The lowest BCUT2D eigenvalue weighted by Gasteiger charge is -2.37. The Morgan fingerprint density at radius 3 is 2.43 bits per heavy atom. The highest BCUT2D eigenvalue weighted by atomic mass is 32.2. The third-order valence-electron chi connectivity index (χ3n) is 4.92. The van der Waals surface area contributed by atoms with Gasteiger partial charge in [0, 0.05) is 23.3 Å². The molecule has 1 N–H and O–H groups in total. The van der Waals surface area contributed by atoms with Crippen LogP contribution in [0.25, 0.3) is 0 Å². The highest BCUT2D eigenvalue weighted by Gasteiger charge is 2.34. The fourth-order valence-electron chi connectivity index (χ4n) is 3.52. The molecule has 164 valence electrons. The van der Waals surface area contributed by atoms with Crippen molar-refractivity contribution in [3.63, 3.8) is 0 Å². The smallest absolute Gasteiger partial charge is 0.159 e. The fraction of sp³-hybridized carbons (Fsp3) is 0.480. The molecule has 0 saturated carbocycles. The fourth-order valence-corrected chi connectivity index (χ4v) is 4.53. The van der Waals surface area contributed by atoms with E-state index in [2.05, 4.69) is 42.0 Å². The van der Waals surface area contributed by atoms with E-state index in [1.54, 1.807) is 13.0 Å². The summed E-state index contributed by atoms with van der Waals surface area (Å²) in [5.74, 6) is 1.41. The van der Waals surface area contributed by atoms with Crippen LogP contribution in [0.15, 0.2) is 48.5 Å². The van der Waals surface area contributed by atoms with Crippen molar-refractivity contribution in [2.45, 2.75) is 71.9 Å². The normalized spacial score (nSPS) is 17.7. The minimum Gasteiger partial charge on any atom is -0.487 e. The number of nitrogens with one attached hydrogen (secondary N) is 1. The Labute approximate surface area is 184 Å². The monoisotopic (exact) mass is 429 g/mol. The van der Waals surface area contributed by atoms with Gasteiger partial charge in [0.2, 0.25) is 0 Å². The van der Waals surface area contributed by atoms with Crippen LogP contribution in [0.3, 0.4) is 0 Å². The predicted molar refractivity (Wildman–Crippen MR) is 125 cm³/mol. The molecular formula is C25H35NO3S. The van der Waals surface area contributed by atoms with E-state index in [0.29, 0.717) is 11.3 Å². The number of ether oxygens (including phenoxy) is 1. The van der Waals surface area contributed by atoms with Gasteiger partial charge in [0.15, 0.2) is 5.78 Å². The molecule has 0 amide bonds. The van der Waals surface area contributed by atoms with E-state index in [9.17, 15) is 9.00 Å². The molecule has 0 radical (unpaired) electrons. The van der Waals surface area contributed by atoms with Crippen molar-refractivity contribution in [3.05, 3.63) is 65.2 Å². The molecule has 3 rings (SSSR count). The van der Waals surface area contributed by atoms with Crippen molar-refractivity contribution in [1.29, 1.82) is 0 Å². The summed E-state index contributed by atoms with van der Waals surface area (Å²) < 4.78 is 21.2. The molecule has 1 heterocycles. The zero-order valence-corrected chi connectivity index (χ0v) is 19.7. The minimum absolute atomic E-state index is 0.0241. The second-order valence-electron chi connectivity index (χ2n) is 8.33. The summed E-state index contributed by atoms with van der Waals surface area (Å²) in [6, 6.07) is 16.0. The van der Waals surface area contributed by atoms with E-state index in [1.807, 2.05) is 32.9 Å². The Kier molecular flexibility index (Phi) is 9.25. The van der Waals surface area contributed by atoms with Crippen LogP contribution in [0, 0.1) is 0 Å². The molecule has 0 spiro atoms. The van der Waals surface area contributed by atoms with Gasteiger partial charge in [-0.05, 0) is 57.4 Å². The van der Waals surface area contributed by atoms with Gasteiger partial charge in [-0.3, -0.25) is 4.79 Å². The third-order valence-corrected chi connectivity index (χ3v) is 6.24. The van der Waals surface area contributed by atoms with Gasteiger partial charge < -0.3 is 4.74 Å². The van der Waals surface area contributed by atoms with Gasteiger partial charge >= 0.3 is 0 Å². The van der Waals surface area contributed by atoms with Crippen molar-refractivity contribution in [2.75, 3.05) is 5.75 Å². The number of rotatable bonds is 7. The molecule has 0 fully saturated rings. The maximum absolute atomic E-state index is 12.0. The summed E-state index contributed by atoms with van der Waals surface area (Å²) in [6.45, 7) is 9.80. The van der Waals surface area contributed by atoms with Crippen molar-refractivity contribution in [1.82, 2.24) is 4.72 Å². The van der Waals surface area contributed by atoms with Crippen LogP contribution in [-0.4, -0.2) is 21.3 Å². The number of hydrogen-bond donors (Lipinski definition) is 1. The lowest BCUT2D eigenvalue weighted by atomic mass is 9.89. The Balaban J connectivity index is 0.000000297. The Morgan fingerprint density at radius 2 is 1.83 bits per heavy atom. The highest BCUT2D eigenvalue weighted by Crippen LogP contribution is 2.40. The van der Waals surface area contributed by atoms with Gasteiger partial charge in [-0.25, -0.2) is 8.93 Å². The van der Waals surface area contributed by atoms with Crippen LogP contribution in [0.5, 0.6) is 5.75 Å². The first-order valence-electron chi connectivity index (χ1n) is 10.8. The van der Waals surface area contributed by atoms with E-state index >= 15 is 0 Å². The zero-order chi connectivity index (χ0) is 22.1. The largest absolute Gasteiger partial charge is 0.487 e. The van der Waals surface area contributed by atoms with Crippen LogP contribution in [0.1, 0.15) is 81.4 Å². The summed E-state index contributed by atoms with van der Waals surface area (Å²) in [6.07, 6.45) is 4.04. The minimum atomic E-state index is -1.07. The Hall–Kier alpha value is -1.98. The molecule has 5 heteroatoms. The second-order valence-corrected chi connectivity index (χ2v) is 9.67. The number of carbonyl (C=O) groups excluding carboxylic acids is 1. The lowest BCUT2D eigenvalue weighted by molar-refractivity contribution is 0.0703. The first-order chi connectivity index (χ1) is 14.3. The lowest BCUT2D eigenvalue weighted by Crippen LogP contribution is -2.40. The molecule has 1 aliphatic heterocycles. The summed E-state index contributed by atoms with van der Waals surface area (Å²) in [7, 11) is -1.07. The molecule has 30 heavy (non-hydrogen) atoms. The Morgan fingerprint density at radius 1 is 1.13 bits per heavy atom. The summed E-state index contributed by atoms with van der Waals surface area (Å²) in [4.78, 5) is 11.6. The summed E-state index contributed by atoms with van der Waals surface area (Å²) in [5, 5.41) is 0. The van der Waals surface area contributed by atoms with E-state index in [-0.39, 0.29) is 17.4 Å². The van der Waals surface area contributed by atoms with Crippen molar-refractivity contribution in [2.24, 2.45) is 0 Å². The van der Waals surface area contributed by atoms with Crippen LogP contribution in [0.4, 0.5) is 0 Å². The molecule has 0 aromatic heterocycles. The first kappa shape index (κ1) is 24.3. The molecular weight excluding hydrogens is 394 g/mol. The molecule has 2 aromatic carbocycles. The van der Waals surface area contributed by atoms with Crippen LogP contribution >= 0.6 is 0 Å². The van der Waals surface area contributed by atoms with Gasteiger partial charge in [0.05, 0.1) is 17.0 Å². The quantitative estimate of drug-likeness (QED) is 0.567. The van der Waals surface area contributed by atoms with E-state index in [1.165, 1.54) is 18.4 Å². The van der Waals surface area contributed by atoms with Gasteiger partial charge in [-0.2, -0.15) is 0 Å². The maximum atomic E-state index is 12.0. The Bertz CT molecular complexity index is 849. The number of benzene rings is 2. The van der Waals surface area contributed by atoms with Crippen LogP contribution in [0.2, 0.25) is 0 Å². The van der Waals surface area contributed by atoms with E-state index in [0.717, 1.165) is 24.2 Å². The van der Waals surface area contributed by atoms with Crippen LogP contribution in [-0.2, 0) is 17.4 Å². The molecule has 0 aliphatic carbocycles. The SMILES string of the molecule is CCCS(=O)NC1CC(C)(C)Oc2ccc(C(C)=O)cc21.CCCc1ccccc1. The standard InChI is InChI=1S/C16H23NO3S.C9H12/c1-5-8-21(19)17-14-10-16(3,4)20-15-7-6-12(11(2)18)9-13(14)15;1-2-6-9-7-4-3-5-8-9/h6-7,9,14,17H,5,8,10H2,1-4H3;3-5,7-8H,2,6H2,1H3.